The number of phenolic OH excluding ortho intramolecular Hbond substituents is 1. The quantitative estimate of drug-likeness (QED) is 0.688. The second kappa shape index (κ2) is 7.22. The molecule has 0 unspecified atom stereocenters. The van der Waals surface area contributed by atoms with Crippen LogP contribution < -0.4 is 5.32 Å². The van der Waals surface area contributed by atoms with Crippen LogP contribution in [0, 0.1) is 0 Å². The number of nitrogens with one attached hydrogen (secondary N) is 1. The summed E-state index contributed by atoms with van der Waals surface area (Å²) in [4.78, 5) is 11.3. The molecule has 29 heavy (non-hydrogen) atoms. The van der Waals surface area contributed by atoms with Gasteiger partial charge in [0.1, 0.15) is 17.4 Å². The number of nitrogens with zero attached hydrogens (tertiary/aromatic N) is 4. The van der Waals surface area contributed by atoms with E-state index in [-0.39, 0.29) is 5.56 Å². The Morgan fingerprint density at radius 3 is 2.62 bits per heavy atom. The Hall–Kier alpha value is -2.81. The number of aryl methyl sites for hydroxylation is 1. The van der Waals surface area contributed by atoms with Crippen LogP contribution in [0.4, 0.5) is 19.0 Å². The van der Waals surface area contributed by atoms with Gasteiger partial charge >= 0.3 is 6.18 Å². The van der Waals surface area contributed by atoms with E-state index in [1.54, 1.807) is 0 Å². The average Bonchev–Trinajstić information content (AvgIpc) is 3.23. The lowest BCUT2D eigenvalue weighted by Gasteiger charge is -2.13. The first-order chi connectivity index (χ1) is 13.8. The van der Waals surface area contributed by atoms with Crippen molar-refractivity contribution in [1.29, 1.82) is 0 Å². The number of likely N-dealkylation sites (tertiary alicyclic amines) is 1. The summed E-state index contributed by atoms with van der Waals surface area (Å²) < 4.78 is 40.5. The van der Waals surface area contributed by atoms with Gasteiger partial charge in [0.05, 0.1) is 16.6 Å². The van der Waals surface area contributed by atoms with E-state index >= 15 is 0 Å². The van der Waals surface area contributed by atoms with Crippen LogP contribution in [-0.4, -0.2) is 50.7 Å². The van der Waals surface area contributed by atoms with Crippen molar-refractivity contribution in [2.45, 2.75) is 32.1 Å². The van der Waals surface area contributed by atoms with Gasteiger partial charge in [-0.2, -0.15) is 13.2 Å². The predicted octanol–water partition coefficient (Wildman–Crippen LogP) is 3.96. The minimum atomic E-state index is -4.52. The van der Waals surface area contributed by atoms with Gasteiger partial charge in [0.15, 0.2) is 5.65 Å². The maximum absolute atomic E-state index is 12.9. The number of alkyl halides is 3. The van der Waals surface area contributed by atoms with Crippen molar-refractivity contribution in [2.24, 2.45) is 0 Å². The summed E-state index contributed by atoms with van der Waals surface area (Å²) in [5.41, 5.74) is 0.585. The number of hydrogen-bond donors (Lipinski definition) is 2. The molecule has 0 radical (unpaired) electrons. The number of pyridine rings is 1. The van der Waals surface area contributed by atoms with Crippen molar-refractivity contribution in [3.8, 4) is 17.1 Å². The molecule has 154 valence electrons. The minimum Gasteiger partial charge on any atom is -0.507 e. The molecule has 3 heterocycles. The lowest BCUT2D eigenvalue weighted by Crippen LogP contribution is -2.23. The molecule has 1 aromatic carbocycles. The van der Waals surface area contributed by atoms with Crippen molar-refractivity contribution < 1.29 is 18.3 Å². The van der Waals surface area contributed by atoms with Crippen molar-refractivity contribution >= 4 is 17.0 Å². The first-order valence-electron chi connectivity index (χ1n) is 9.49. The van der Waals surface area contributed by atoms with E-state index in [4.69, 9.17) is 0 Å². The number of aromatic hydroxyl groups is 1. The summed E-state index contributed by atoms with van der Waals surface area (Å²) in [5.74, 6) is 0.637. The Balaban J connectivity index is 1.71. The van der Waals surface area contributed by atoms with E-state index in [9.17, 15) is 18.3 Å². The van der Waals surface area contributed by atoms with Gasteiger partial charge in [-0.1, -0.05) is 0 Å². The Kier molecular flexibility index (Phi) is 4.85. The highest BCUT2D eigenvalue weighted by atomic mass is 19.4. The highest BCUT2D eigenvalue weighted by Crippen LogP contribution is 2.37. The zero-order valence-corrected chi connectivity index (χ0v) is 16.2. The monoisotopic (exact) mass is 405 g/mol. The molecule has 1 fully saturated rings. The molecule has 1 aliphatic rings. The third kappa shape index (κ3) is 3.74. The number of anilines is 1. The van der Waals surface area contributed by atoms with Crippen LogP contribution >= 0.6 is 0 Å². The van der Waals surface area contributed by atoms with Crippen LogP contribution in [0.5, 0.6) is 5.75 Å². The summed E-state index contributed by atoms with van der Waals surface area (Å²) in [6.07, 6.45) is -3.48. The molecule has 0 amide bonds. The molecule has 6 nitrogen and oxygen atoms in total. The molecular formula is C20H22F3N5O. The number of halogens is 3. The van der Waals surface area contributed by atoms with Crippen molar-refractivity contribution in [3.63, 3.8) is 0 Å². The summed E-state index contributed by atoms with van der Waals surface area (Å²) in [7, 11) is 2.07. The van der Waals surface area contributed by atoms with Gasteiger partial charge in [-0.25, -0.2) is 9.97 Å². The number of phenols is 1. The maximum Gasteiger partial charge on any atom is 0.416 e. The van der Waals surface area contributed by atoms with E-state index in [1.807, 2.05) is 23.6 Å². The number of likely N-dealkylation sites (N-methyl/N-ethyl adjacent to an activating group) is 1. The van der Waals surface area contributed by atoms with Crippen LogP contribution in [-0.2, 0) is 12.7 Å². The average molecular weight is 405 g/mol. The standard InChI is InChI=1S/C20H22F3N5O/c1-3-28-15-6-7-17(24-13-8-9-27(2)11-13)25-18(15)26-19(28)14-5-4-12(10-16(14)29)20(21,22)23/h4-7,10,13,29H,3,8-9,11H2,1-2H3,(H,24,25)/t13-/m1/s1. The van der Waals surface area contributed by atoms with E-state index in [0.717, 1.165) is 37.2 Å². The molecule has 0 saturated carbocycles. The Morgan fingerprint density at radius 1 is 1.21 bits per heavy atom. The van der Waals surface area contributed by atoms with Gasteiger partial charge in [0, 0.05) is 19.1 Å². The lowest BCUT2D eigenvalue weighted by molar-refractivity contribution is -0.137. The van der Waals surface area contributed by atoms with Gasteiger partial charge in [0.25, 0.3) is 0 Å². The third-order valence-corrected chi connectivity index (χ3v) is 5.24. The molecule has 2 N–H and O–H groups in total. The highest BCUT2D eigenvalue weighted by molar-refractivity contribution is 5.80. The topological polar surface area (TPSA) is 66.2 Å². The molecule has 0 spiro atoms. The van der Waals surface area contributed by atoms with Gasteiger partial charge in [-0.05, 0) is 57.3 Å². The third-order valence-electron chi connectivity index (χ3n) is 5.24. The number of hydrogen-bond acceptors (Lipinski definition) is 5. The lowest BCUT2D eigenvalue weighted by atomic mass is 10.1. The zero-order valence-electron chi connectivity index (χ0n) is 16.2. The van der Waals surface area contributed by atoms with E-state index in [2.05, 4.69) is 27.2 Å². The van der Waals surface area contributed by atoms with Gasteiger partial charge in [0.2, 0.25) is 0 Å². The fourth-order valence-electron chi connectivity index (χ4n) is 3.77. The fraction of sp³-hybridized carbons (Fsp3) is 0.400. The number of fused-ring (bicyclic) bond motifs is 1. The first-order valence-corrected chi connectivity index (χ1v) is 9.49. The molecule has 9 heteroatoms. The maximum atomic E-state index is 12.9. The zero-order chi connectivity index (χ0) is 20.8. The SMILES string of the molecule is CCn1c(-c2ccc(C(F)(F)F)cc2O)nc2nc(N[C@@H]3CCN(C)C3)ccc21. The number of imidazole rings is 1. The normalized spacial score (nSPS) is 17.9. The summed E-state index contributed by atoms with van der Waals surface area (Å²) in [6, 6.07) is 7.02. The van der Waals surface area contributed by atoms with Gasteiger partial charge < -0.3 is 19.9 Å². The number of aromatic nitrogens is 3. The molecule has 3 aromatic rings. The fourth-order valence-corrected chi connectivity index (χ4v) is 3.77. The molecule has 0 aliphatic carbocycles. The van der Waals surface area contributed by atoms with E-state index < -0.39 is 17.5 Å². The smallest absolute Gasteiger partial charge is 0.416 e. The molecule has 1 aliphatic heterocycles. The molecule has 0 bridgehead atoms. The molecule has 1 atom stereocenters. The molecule has 1 saturated heterocycles. The Labute approximate surface area is 166 Å². The summed E-state index contributed by atoms with van der Waals surface area (Å²) in [6.45, 7) is 4.41. The number of rotatable bonds is 4. The molecular weight excluding hydrogens is 383 g/mol. The van der Waals surface area contributed by atoms with Crippen molar-refractivity contribution in [3.05, 3.63) is 35.9 Å². The van der Waals surface area contributed by atoms with Crippen LogP contribution in [0.2, 0.25) is 0 Å². The van der Waals surface area contributed by atoms with Crippen LogP contribution in [0.25, 0.3) is 22.6 Å². The summed E-state index contributed by atoms with van der Waals surface area (Å²) in [5, 5.41) is 13.6. The number of benzene rings is 1. The van der Waals surface area contributed by atoms with E-state index in [0.29, 0.717) is 29.9 Å². The van der Waals surface area contributed by atoms with E-state index in [1.165, 1.54) is 6.07 Å². The highest BCUT2D eigenvalue weighted by Gasteiger charge is 2.31. The minimum absolute atomic E-state index is 0.241. The second-order valence-electron chi connectivity index (χ2n) is 7.34. The predicted molar refractivity (Wildman–Crippen MR) is 105 cm³/mol. The van der Waals surface area contributed by atoms with Crippen molar-refractivity contribution in [1.82, 2.24) is 19.4 Å². The van der Waals surface area contributed by atoms with Crippen molar-refractivity contribution in [2.75, 3.05) is 25.5 Å². The second-order valence-corrected chi connectivity index (χ2v) is 7.34. The summed E-state index contributed by atoms with van der Waals surface area (Å²) >= 11 is 0. The van der Waals surface area contributed by atoms with Gasteiger partial charge in [-0.15, -0.1) is 0 Å². The van der Waals surface area contributed by atoms with Crippen LogP contribution in [0.3, 0.4) is 0 Å². The van der Waals surface area contributed by atoms with Crippen LogP contribution in [0.15, 0.2) is 30.3 Å². The molecule has 2 aromatic heterocycles. The first kappa shape index (κ1) is 19.5. The Morgan fingerprint density at radius 2 is 2.00 bits per heavy atom. The molecule has 4 rings (SSSR count). The Bertz CT molecular complexity index is 1050. The van der Waals surface area contributed by atoms with Crippen LogP contribution in [0.1, 0.15) is 18.9 Å². The van der Waals surface area contributed by atoms with Gasteiger partial charge in [-0.3, -0.25) is 0 Å². The largest absolute Gasteiger partial charge is 0.507 e.